The highest BCUT2D eigenvalue weighted by atomic mass is 32.1. The van der Waals surface area contributed by atoms with Gasteiger partial charge in [-0.1, -0.05) is 127 Å². The van der Waals surface area contributed by atoms with E-state index in [-0.39, 0.29) is 0 Å². The van der Waals surface area contributed by atoms with E-state index in [2.05, 4.69) is 181 Å². The van der Waals surface area contributed by atoms with E-state index in [0.717, 1.165) is 5.69 Å². The number of hydrogen-bond acceptors (Lipinski definition) is 4. The third kappa shape index (κ3) is 4.59. The Morgan fingerprint density at radius 3 is 1.60 bits per heavy atom. The first kappa shape index (κ1) is 29.9. The van der Waals surface area contributed by atoms with Gasteiger partial charge in [0.1, 0.15) is 0 Å². The van der Waals surface area contributed by atoms with E-state index in [1.165, 1.54) is 94.1 Å². The van der Waals surface area contributed by atoms with Crippen molar-refractivity contribution in [3.05, 3.63) is 176 Å². The lowest BCUT2D eigenvalue weighted by molar-refractivity contribution is 1.32. The summed E-state index contributed by atoms with van der Waals surface area (Å²) in [6.07, 6.45) is 0. The zero-order valence-corrected chi connectivity index (χ0v) is 30.4. The normalized spacial score (nSPS) is 11.8. The van der Waals surface area contributed by atoms with E-state index in [4.69, 9.17) is 0 Å². The Bertz CT molecular complexity index is 3130. The molecule has 11 aromatic rings. The fourth-order valence-corrected chi connectivity index (χ4v) is 11.6. The van der Waals surface area contributed by atoms with Crippen molar-refractivity contribution in [1.29, 1.82) is 0 Å². The van der Waals surface area contributed by atoms with Gasteiger partial charge in [0.15, 0.2) is 0 Å². The summed E-state index contributed by atoms with van der Waals surface area (Å²) in [4.78, 5) is 2.51. The lowest BCUT2D eigenvalue weighted by Crippen LogP contribution is -2.10. The molecule has 0 amide bonds. The highest BCUT2D eigenvalue weighted by molar-refractivity contribution is 7.27. The number of thiophene rings is 3. The van der Waals surface area contributed by atoms with Crippen LogP contribution < -0.4 is 4.90 Å². The van der Waals surface area contributed by atoms with Crippen LogP contribution >= 0.6 is 34.0 Å². The molecule has 0 aliphatic rings. The number of benzene rings is 8. The van der Waals surface area contributed by atoms with Gasteiger partial charge < -0.3 is 4.90 Å². The van der Waals surface area contributed by atoms with E-state index in [9.17, 15) is 0 Å². The maximum atomic E-state index is 2.51. The summed E-state index contributed by atoms with van der Waals surface area (Å²) in [5.41, 5.74) is 8.56. The number of fused-ring (bicyclic) bond motifs is 9. The second-order valence-corrected chi connectivity index (χ2v) is 16.4. The largest absolute Gasteiger partial charge is 0.308 e. The van der Waals surface area contributed by atoms with Crippen LogP contribution in [-0.4, -0.2) is 0 Å². The molecule has 0 atom stereocenters. The molecular weight excluding hydrogens is 687 g/mol. The first-order valence-corrected chi connectivity index (χ1v) is 20.0. The monoisotopic (exact) mass is 715 g/mol. The Balaban J connectivity index is 1.16. The van der Waals surface area contributed by atoms with Crippen molar-refractivity contribution in [1.82, 2.24) is 0 Å². The van der Waals surface area contributed by atoms with Crippen LogP contribution in [-0.2, 0) is 0 Å². The minimum Gasteiger partial charge on any atom is -0.308 e. The summed E-state index contributed by atoms with van der Waals surface area (Å²) in [6, 6.07) is 64.7. The van der Waals surface area contributed by atoms with Crippen LogP contribution in [0.25, 0.3) is 82.8 Å². The number of rotatable bonds is 5. The molecular formula is C48H29NS3. The van der Waals surface area contributed by atoms with E-state index in [0.29, 0.717) is 0 Å². The van der Waals surface area contributed by atoms with Gasteiger partial charge in [-0.15, -0.1) is 34.0 Å². The van der Waals surface area contributed by atoms with E-state index >= 15 is 0 Å². The maximum Gasteiger partial charge on any atom is 0.0640 e. The summed E-state index contributed by atoms with van der Waals surface area (Å²) in [5.74, 6) is 0. The van der Waals surface area contributed by atoms with Gasteiger partial charge in [0.05, 0.1) is 16.1 Å². The molecule has 0 radical (unpaired) electrons. The molecule has 52 heavy (non-hydrogen) atoms. The molecule has 244 valence electrons. The van der Waals surface area contributed by atoms with Gasteiger partial charge in [-0.3, -0.25) is 0 Å². The first-order chi connectivity index (χ1) is 25.8. The van der Waals surface area contributed by atoms with Crippen LogP contribution in [0.4, 0.5) is 17.1 Å². The van der Waals surface area contributed by atoms with Crippen molar-refractivity contribution in [3.63, 3.8) is 0 Å². The number of nitrogens with zero attached hydrogens (tertiary/aromatic N) is 1. The van der Waals surface area contributed by atoms with Crippen LogP contribution in [0, 0.1) is 0 Å². The molecule has 4 heteroatoms. The fourth-order valence-electron chi connectivity index (χ4n) is 7.98. The summed E-state index contributed by atoms with van der Waals surface area (Å²) < 4.78 is 7.87. The second kappa shape index (κ2) is 11.9. The van der Waals surface area contributed by atoms with Gasteiger partial charge in [-0.05, 0) is 70.8 Å². The lowest BCUT2D eigenvalue weighted by Gasteiger charge is -2.27. The third-order valence-electron chi connectivity index (χ3n) is 10.3. The molecule has 0 N–H and O–H groups in total. The third-order valence-corrected chi connectivity index (χ3v) is 13.8. The van der Waals surface area contributed by atoms with Crippen molar-refractivity contribution >= 4 is 112 Å². The molecule has 0 aliphatic carbocycles. The van der Waals surface area contributed by atoms with Crippen molar-refractivity contribution in [2.45, 2.75) is 0 Å². The van der Waals surface area contributed by atoms with Crippen molar-refractivity contribution in [2.24, 2.45) is 0 Å². The Hall–Kier alpha value is -5.78. The SMILES string of the molecule is c1ccc(-c2cccc3c2sc2c(N(c4ccc(-c5cccc6sc7ccccc7c56)cc4)c4cccc5sc6ccccc6c45)cccc23)cc1. The zero-order valence-electron chi connectivity index (χ0n) is 27.9. The molecule has 0 saturated carbocycles. The highest BCUT2D eigenvalue weighted by Gasteiger charge is 2.22. The molecule has 0 fully saturated rings. The van der Waals surface area contributed by atoms with E-state index in [1.807, 2.05) is 34.0 Å². The Kier molecular flexibility index (Phi) is 6.84. The molecule has 8 aromatic carbocycles. The molecule has 0 unspecified atom stereocenters. The Morgan fingerprint density at radius 1 is 0.308 bits per heavy atom. The van der Waals surface area contributed by atoms with E-state index < -0.39 is 0 Å². The number of anilines is 3. The maximum absolute atomic E-state index is 2.51. The Labute approximate surface area is 312 Å². The molecule has 1 nitrogen and oxygen atoms in total. The minimum atomic E-state index is 1.14. The fraction of sp³-hybridized carbons (Fsp3) is 0. The van der Waals surface area contributed by atoms with Crippen LogP contribution in [0.15, 0.2) is 176 Å². The van der Waals surface area contributed by atoms with Crippen LogP contribution in [0.2, 0.25) is 0 Å². The van der Waals surface area contributed by atoms with Gasteiger partial charge in [0.2, 0.25) is 0 Å². The smallest absolute Gasteiger partial charge is 0.0640 e. The molecule has 0 saturated heterocycles. The minimum absolute atomic E-state index is 1.14. The standard InChI is InChI=1S/C48H29NS3/c1-2-12-30(13-3-1)34-17-8-18-35-36-19-9-21-40(48(36)52-47(34)35)49(39-20-11-25-44-46(39)38-15-5-7-23-42(38)51-44)32-28-26-31(27-29-32)33-16-10-24-43-45(33)37-14-4-6-22-41(37)50-43/h1-29H. The van der Waals surface area contributed by atoms with Gasteiger partial charge in [-0.25, -0.2) is 0 Å². The molecule has 11 rings (SSSR count). The molecule has 0 spiro atoms. The first-order valence-electron chi connectivity index (χ1n) is 17.5. The zero-order chi connectivity index (χ0) is 34.2. The average Bonchev–Trinajstić information content (AvgIpc) is 3.91. The van der Waals surface area contributed by atoms with Gasteiger partial charge in [0.25, 0.3) is 0 Å². The summed E-state index contributed by atoms with van der Waals surface area (Å²) in [6.45, 7) is 0. The van der Waals surface area contributed by atoms with Crippen molar-refractivity contribution in [3.8, 4) is 22.3 Å². The summed E-state index contributed by atoms with van der Waals surface area (Å²) in [7, 11) is 0. The molecule has 0 aliphatic heterocycles. The van der Waals surface area contributed by atoms with E-state index in [1.54, 1.807) is 0 Å². The lowest BCUT2D eigenvalue weighted by atomic mass is 9.99. The second-order valence-electron chi connectivity index (χ2n) is 13.2. The summed E-state index contributed by atoms with van der Waals surface area (Å²) >= 11 is 5.65. The summed E-state index contributed by atoms with van der Waals surface area (Å²) in [5, 5.41) is 7.84. The average molecular weight is 716 g/mol. The number of hydrogen-bond donors (Lipinski definition) is 0. The quantitative estimate of drug-likeness (QED) is 0.171. The van der Waals surface area contributed by atoms with Crippen LogP contribution in [0.3, 0.4) is 0 Å². The Morgan fingerprint density at radius 2 is 0.827 bits per heavy atom. The van der Waals surface area contributed by atoms with Crippen molar-refractivity contribution < 1.29 is 0 Å². The predicted molar refractivity (Wildman–Crippen MR) is 231 cm³/mol. The topological polar surface area (TPSA) is 3.24 Å². The molecule has 3 heterocycles. The molecule has 0 bridgehead atoms. The van der Waals surface area contributed by atoms with Gasteiger partial charge in [0, 0.05) is 61.5 Å². The van der Waals surface area contributed by atoms with Gasteiger partial charge >= 0.3 is 0 Å². The van der Waals surface area contributed by atoms with Crippen LogP contribution in [0.5, 0.6) is 0 Å². The predicted octanol–water partition coefficient (Wildman–Crippen LogP) is 15.6. The molecule has 3 aromatic heterocycles. The highest BCUT2D eigenvalue weighted by Crippen LogP contribution is 2.50. The van der Waals surface area contributed by atoms with Gasteiger partial charge in [-0.2, -0.15) is 0 Å². The van der Waals surface area contributed by atoms with Crippen LogP contribution in [0.1, 0.15) is 0 Å². The van der Waals surface area contributed by atoms with Crippen molar-refractivity contribution in [2.75, 3.05) is 4.90 Å².